The van der Waals surface area contributed by atoms with E-state index in [1.165, 1.54) is 12.1 Å². The van der Waals surface area contributed by atoms with Crippen molar-refractivity contribution in [2.45, 2.75) is 20.0 Å². The van der Waals surface area contributed by atoms with Crippen molar-refractivity contribution in [3.05, 3.63) is 40.8 Å². The van der Waals surface area contributed by atoms with Crippen molar-refractivity contribution in [2.75, 3.05) is 19.0 Å². The number of anilines is 1. The molecule has 3 rings (SSSR count). The highest BCUT2D eigenvalue weighted by Gasteiger charge is 2.18. The standard InChI is InChI=1S/C15H16FN3O/c1-9-5-10(7-11(16)6-9)14-18-13-3-4-20-8-12(13)15(17-2)19-14/h5-7H,3-4,8H2,1-2H3,(H,17,18,19). The molecule has 20 heavy (non-hydrogen) atoms. The third-order valence-electron chi connectivity index (χ3n) is 3.36. The lowest BCUT2D eigenvalue weighted by atomic mass is 10.1. The Morgan fingerprint density at radius 2 is 2.10 bits per heavy atom. The van der Waals surface area contributed by atoms with Crippen molar-refractivity contribution in [1.29, 1.82) is 0 Å². The van der Waals surface area contributed by atoms with E-state index in [9.17, 15) is 4.39 Å². The minimum absolute atomic E-state index is 0.268. The van der Waals surface area contributed by atoms with Crippen molar-refractivity contribution in [3.63, 3.8) is 0 Å². The lowest BCUT2D eigenvalue weighted by molar-refractivity contribution is 0.109. The fraction of sp³-hybridized carbons (Fsp3) is 0.333. The Bertz CT molecular complexity index is 620. The predicted octanol–water partition coefficient (Wildman–Crippen LogP) is 2.71. The van der Waals surface area contributed by atoms with Crippen LogP contribution in [0.15, 0.2) is 18.2 Å². The normalized spacial score (nSPS) is 13.9. The summed E-state index contributed by atoms with van der Waals surface area (Å²) in [4.78, 5) is 9.06. The maximum Gasteiger partial charge on any atom is 0.161 e. The molecule has 2 heterocycles. The second-order valence-electron chi connectivity index (χ2n) is 4.89. The average Bonchev–Trinajstić information content (AvgIpc) is 2.45. The van der Waals surface area contributed by atoms with E-state index < -0.39 is 0 Å². The molecule has 0 aliphatic carbocycles. The molecule has 0 atom stereocenters. The van der Waals surface area contributed by atoms with Gasteiger partial charge in [-0.2, -0.15) is 0 Å². The number of aryl methyl sites for hydroxylation is 1. The van der Waals surface area contributed by atoms with Gasteiger partial charge < -0.3 is 10.1 Å². The van der Waals surface area contributed by atoms with Crippen molar-refractivity contribution < 1.29 is 9.13 Å². The zero-order chi connectivity index (χ0) is 14.1. The first kappa shape index (κ1) is 13.0. The number of rotatable bonds is 2. The van der Waals surface area contributed by atoms with Gasteiger partial charge in [0, 0.05) is 24.6 Å². The summed E-state index contributed by atoms with van der Waals surface area (Å²) in [6, 6.07) is 4.85. The molecular weight excluding hydrogens is 257 g/mol. The quantitative estimate of drug-likeness (QED) is 0.914. The predicted molar refractivity (Wildman–Crippen MR) is 75.1 cm³/mol. The molecule has 0 saturated carbocycles. The van der Waals surface area contributed by atoms with Crippen LogP contribution in [0.4, 0.5) is 10.2 Å². The summed E-state index contributed by atoms with van der Waals surface area (Å²) in [5, 5.41) is 3.07. The van der Waals surface area contributed by atoms with Gasteiger partial charge in [-0.15, -0.1) is 0 Å². The number of aromatic nitrogens is 2. The average molecular weight is 273 g/mol. The monoisotopic (exact) mass is 273 g/mol. The van der Waals surface area contributed by atoms with Crippen LogP contribution in [0.1, 0.15) is 16.8 Å². The van der Waals surface area contributed by atoms with Crippen LogP contribution in [-0.2, 0) is 17.8 Å². The smallest absolute Gasteiger partial charge is 0.161 e. The van der Waals surface area contributed by atoms with Crippen LogP contribution in [0, 0.1) is 12.7 Å². The zero-order valence-corrected chi connectivity index (χ0v) is 11.5. The molecule has 1 aromatic carbocycles. The molecule has 0 radical (unpaired) electrons. The highest BCUT2D eigenvalue weighted by molar-refractivity contribution is 5.61. The van der Waals surface area contributed by atoms with Gasteiger partial charge in [0.1, 0.15) is 11.6 Å². The van der Waals surface area contributed by atoms with Crippen LogP contribution in [0.5, 0.6) is 0 Å². The van der Waals surface area contributed by atoms with Crippen LogP contribution in [0.2, 0.25) is 0 Å². The van der Waals surface area contributed by atoms with E-state index in [0.29, 0.717) is 24.6 Å². The molecule has 1 aromatic heterocycles. The first-order chi connectivity index (χ1) is 9.67. The van der Waals surface area contributed by atoms with Crippen molar-refractivity contribution in [3.8, 4) is 11.4 Å². The zero-order valence-electron chi connectivity index (χ0n) is 11.5. The first-order valence-corrected chi connectivity index (χ1v) is 6.60. The minimum atomic E-state index is -0.268. The van der Waals surface area contributed by atoms with Crippen LogP contribution >= 0.6 is 0 Å². The maximum atomic E-state index is 13.5. The first-order valence-electron chi connectivity index (χ1n) is 6.60. The Morgan fingerprint density at radius 3 is 2.85 bits per heavy atom. The van der Waals surface area contributed by atoms with Crippen LogP contribution in [0.25, 0.3) is 11.4 Å². The molecule has 104 valence electrons. The molecule has 4 nitrogen and oxygen atoms in total. The minimum Gasteiger partial charge on any atom is -0.376 e. The van der Waals surface area contributed by atoms with Crippen LogP contribution < -0.4 is 5.32 Å². The summed E-state index contributed by atoms with van der Waals surface area (Å²) in [6.07, 6.45) is 0.758. The Hall–Kier alpha value is -2.01. The molecule has 0 amide bonds. The van der Waals surface area contributed by atoms with Gasteiger partial charge in [0.2, 0.25) is 0 Å². The summed E-state index contributed by atoms with van der Waals surface area (Å²) in [6.45, 7) is 3.04. The van der Waals surface area contributed by atoms with Gasteiger partial charge in [0.05, 0.1) is 18.9 Å². The Morgan fingerprint density at radius 1 is 1.25 bits per heavy atom. The topological polar surface area (TPSA) is 47.0 Å². The fourth-order valence-electron chi connectivity index (χ4n) is 2.43. The number of hydrogen-bond acceptors (Lipinski definition) is 4. The number of nitrogens with one attached hydrogen (secondary N) is 1. The molecule has 0 fully saturated rings. The van der Waals surface area contributed by atoms with Crippen LogP contribution in [-0.4, -0.2) is 23.6 Å². The van der Waals surface area contributed by atoms with Crippen molar-refractivity contribution in [2.24, 2.45) is 0 Å². The molecule has 0 unspecified atom stereocenters. The summed E-state index contributed by atoms with van der Waals surface area (Å²) in [5.41, 5.74) is 3.53. The molecule has 5 heteroatoms. The van der Waals surface area contributed by atoms with Gasteiger partial charge in [0.25, 0.3) is 0 Å². The summed E-state index contributed by atoms with van der Waals surface area (Å²) in [7, 11) is 1.82. The van der Waals surface area contributed by atoms with Gasteiger partial charge in [0.15, 0.2) is 5.82 Å². The third-order valence-corrected chi connectivity index (χ3v) is 3.36. The molecule has 1 aliphatic rings. The van der Waals surface area contributed by atoms with Gasteiger partial charge >= 0.3 is 0 Å². The second kappa shape index (κ2) is 5.17. The molecule has 0 spiro atoms. The lowest BCUT2D eigenvalue weighted by Gasteiger charge is -2.19. The van der Waals surface area contributed by atoms with Gasteiger partial charge in [-0.25, -0.2) is 14.4 Å². The number of hydrogen-bond donors (Lipinski definition) is 1. The molecular formula is C15H16FN3O. The van der Waals surface area contributed by atoms with E-state index in [1.54, 1.807) is 0 Å². The number of ether oxygens (including phenoxy) is 1. The number of benzene rings is 1. The molecule has 0 saturated heterocycles. The van der Waals surface area contributed by atoms with E-state index in [4.69, 9.17) is 4.74 Å². The molecule has 1 aliphatic heterocycles. The number of halogens is 1. The molecule has 2 aromatic rings. The van der Waals surface area contributed by atoms with E-state index in [1.807, 2.05) is 20.0 Å². The van der Waals surface area contributed by atoms with E-state index in [2.05, 4.69) is 15.3 Å². The SMILES string of the molecule is CNc1nc(-c2cc(C)cc(F)c2)nc2c1COCC2. The van der Waals surface area contributed by atoms with Gasteiger partial charge in [-0.1, -0.05) is 0 Å². The summed E-state index contributed by atoms with van der Waals surface area (Å²) in [5.74, 6) is 1.04. The molecule has 1 N–H and O–H groups in total. The van der Waals surface area contributed by atoms with Gasteiger partial charge in [-0.3, -0.25) is 0 Å². The lowest BCUT2D eigenvalue weighted by Crippen LogP contribution is -2.16. The van der Waals surface area contributed by atoms with Crippen molar-refractivity contribution >= 4 is 5.82 Å². The number of fused-ring (bicyclic) bond motifs is 1. The van der Waals surface area contributed by atoms with E-state index in [0.717, 1.165) is 29.1 Å². The largest absolute Gasteiger partial charge is 0.376 e. The number of nitrogens with zero attached hydrogens (tertiary/aromatic N) is 2. The van der Waals surface area contributed by atoms with E-state index >= 15 is 0 Å². The fourth-order valence-corrected chi connectivity index (χ4v) is 2.43. The highest BCUT2D eigenvalue weighted by atomic mass is 19.1. The highest BCUT2D eigenvalue weighted by Crippen LogP contribution is 2.26. The van der Waals surface area contributed by atoms with Crippen LogP contribution in [0.3, 0.4) is 0 Å². The maximum absolute atomic E-state index is 13.5. The van der Waals surface area contributed by atoms with E-state index in [-0.39, 0.29) is 5.82 Å². The Labute approximate surface area is 117 Å². The second-order valence-corrected chi connectivity index (χ2v) is 4.89. The summed E-state index contributed by atoms with van der Waals surface area (Å²) >= 11 is 0. The summed E-state index contributed by atoms with van der Waals surface area (Å²) < 4.78 is 19.0. The third kappa shape index (κ3) is 2.36. The van der Waals surface area contributed by atoms with Crippen molar-refractivity contribution in [1.82, 2.24) is 9.97 Å². The Balaban J connectivity index is 2.14. The molecule has 0 bridgehead atoms. The van der Waals surface area contributed by atoms with Gasteiger partial charge in [-0.05, 0) is 30.7 Å². The Kier molecular flexibility index (Phi) is 3.36.